The Kier molecular flexibility index (Phi) is 42.1. The molecule has 12 heteroatoms. The number of rotatable bonds is 46. The lowest BCUT2D eigenvalue weighted by Crippen LogP contribution is -2.43. The molecule has 352 valence electrons. The van der Waals surface area contributed by atoms with Crippen LogP contribution in [0.3, 0.4) is 0 Å². The molecule has 0 fully saturated rings. The number of allylic oxidation sites excluding steroid dienone is 4. The Morgan fingerprint density at radius 3 is 1.42 bits per heavy atom. The first-order valence-electron chi connectivity index (χ1n) is 24.4. The highest BCUT2D eigenvalue weighted by Crippen LogP contribution is 2.43. The van der Waals surface area contributed by atoms with Crippen LogP contribution in [0.4, 0.5) is 0 Å². The summed E-state index contributed by atoms with van der Waals surface area (Å²) in [4.78, 5) is 45.9. The standard InChI is InChI=1S/C48H90NO10P/c1-3-5-7-9-11-13-15-17-18-19-20-21-22-23-24-25-26-28-30-32-34-36-38-40-47(52)57-41-44(50)42-58-60(55,56)59-43-45(48(53)54)49-46(51)39-37-35-33-31-29-27-16-14-12-10-8-6-4-2/h8,10,14,16,44-45,50H,3-7,9,11-13,15,17-43H2,1-2H3,(H,49,51)(H,53,54)(H,55,56)/b10-8-,16-14-. The third-order valence-corrected chi connectivity index (χ3v) is 11.7. The lowest BCUT2D eigenvalue weighted by Gasteiger charge is -2.18. The predicted octanol–water partition coefficient (Wildman–Crippen LogP) is 13.0. The second-order valence-corrected chi connectivity index (χ2v) is 18.1. The lowest BCUT2D eigenvalue weighted by atomic mass is 10.0. The Morgan fingerprint density at radius 1 is 0.533 bits per heavy atom. The summed E-state index contributed by atoms with van der Waals surface area (Å²) in [6, 6.07) is -1.55. The highest BCUT2D eigenvalue weighted by Gasteiger charge is 2.28. The molecule has 0 rings (SSSR count). The molecule has 0 aromatic carbocycles. The number of amides is 1. The summed E-state index contributed by atoms with van der Waals surface area (Å²) in [6.45, 7) is 2.54. The number of unbranched alkanes of at least 4 members (excludes halogenated alkanes) is 28. The fourth-order valence-corrected chi connectivity index (χ4v) is 7.72. The van der Waals surface area contributed by atoms with Crippen molar-refractivity contribution in [3.8, 4) is 0 Å². The summed E-state index contributed by atoms with van der Waals surface area (Å²) in [7, 11) is -4.76. The van der Waals surface area contributed by atoms with E-state index in [-0.39, 0.29) is 12.8 Å². The minimum Gasteiger partial charge on any atom is -0.480 e. The Morgan fingerprint density at radius 2 is 0.950 bits per heavy atom. The molecule has 0 bridgehead atoms. The lowest BCUT2D eigenvalue weighted by molar-refractivity contribution is -0.147. The number of aliphatic carboxylic acids is 1. The molecule has 0 saturated carbocycles. The van der Waals surface area contributed by atoms with E-state index in [1.54, 1.807) is 0 Å². The molecule has 11 nitrogen and oxygen atoms in total. The van der Waals surface area contributed by atoms with Crippen molar-refractivity contribution in [2.24, 2.45) is 0 Å². The highest BCUT2D eigenvalue weighted by atomic mass is 31.2. The van der Waals surface area contributed by atoms with Crippen LogP contribution in [0.5, 0.6) is 0 Å². The van der Waals surface area contributed by atoms with Crippen molar-refractivity contribution in [1.29, 1.82) is 0 Å². The van der Waals surface area contributed by atoms with Crippen LogP contribution in [0.25, 0.3) is 0 Å². The molecule has 0 heterocycles. The molecule has 0 aromatic heterocycles. The number of carbonyl (C=O) groups excluding carboxylic acids is 2. The molecule has 0 radical (unpaired) electrons. The number of hydrogen-bond donors (Lipinski definition) is 4. The summed E-state index contributed by atoms with van der Waals surface area (Å²) < 4.78 is 26.9. The Hall–Kier alpha value is -2.04. The van der Waals surface area contributed by atoms with Gasteiger partial charge in [0.2, 0.25) is 5.91 Å². The van der Waals surface area contributed by atoms with Crippen LogP contribution < -0.4 is 5.32 Å². The smallest absolute Gasteiger partial charge is 0.472 e. The van der Waals surface area contributed by atoms with E-state index in [1.807, 2.05) is 0 Å². The van der Waals surface area contributed by atoms with E-state index in [1.165, 1.54) is 122 Å². The number of hydrogen-bond acceptors (Lipinski definition) is 8. The molecule has 0 saturated heterocycles. The summed E-state index contributed by atoms with van der Waals surface area (Å²) in [5.41, 5.74) is 0. The van der Waals surface area contributed by atoms with Crippen LogP contribution in [-0.2, 0) is 32.7 Å². The molecule has 3 atom stereocenters. The molecule has 60 heavy (non-hydrogen) atoms. The van der Waals surface area contributed by atoms with Crippen LogP contribution in [0.15, 0.2) is 24.3 Å². The first kappa shape index (κ1) is 58.0. The molecule has 0 aliphatic carbocycles. The van der Waals surface area contributed by atoms with E-state index < -0.39 is 57.6 Å². The van der Waals surface area contributed by atoms with Gasteiger partial charge in [-0.25, -0.2) is 9.36 Å². The van der Waals surface area contributed by atoms with E-state index in [4.69, 9.17) is 13.8 Å². The van der Waals surface area contributed by atoms with Crippen molar-refractivity contribution in [2.75, 3.05) is 19.8 Å². The molecule has 4 N–H and O–H groups in total. The number of ether oxygens (including phenoxy) is 1. The third-order valence-electron chi connectivity index (χ3n) is 10.7. The number of phosphoric acid groups is 1. The van der Waals surface area contributed by atoms with E-state index in [2.05, 4.69) is 43.5 Å². The van der Waals surface area contributed by atoms with Crippen LogP contribution in [-0.4, -0.2) is 64.9 Å². The van der Waals surface area contributed by atoms with E-state index in [0.29, 0.717) is 12.8 Å². The molecule has 0 aliphatic rings. The molecular weight excluding hydrogens is 781 g/mol. The van der Waals surface area contributed by atoms with Crippen LogP contribution in [0, 0.1) is 0 Å². The minimum atomic E-state index is -4.76. The number of carboxylic acid groups (broad SMARTS) is 1. The quantitative estimate of drug-likeness (QED) is 0.0200. The second-order valence-electron chi connectivity index (χ2n) is 16.7. The van der Waals surface area contributed by atoms with Gasteiger partial charge in [0.15, 0.2) is 6.04 Å². The van der Waals surface area contributed by atoms with Gasteiger partial charge in [0.05, 0.1) is 13.2 Å². The number of nitrogens with one attached hydrogen (secondary N) is 1. The Balaban J connectivity index is 3.77. The van der Waals surface area contributed by atoms with E-state index in [0.717, 1.165) is 70.6 Å². The fraction of sp³-hybridized carbons (Fsp3) is 0.854. The summed E-state index contributed by atoms with van der Waals surface area (Å²) in [6.07, 6.45) is 46.5. The van der Waals surface area contributed by atoms with Crippen LogP contribution >= 0.6 is 7.82 Å². The zero-order valence-corrected chi connectivity index (χ0v) is 39.2. The van der Waals surface area contributed by atoms with Crippen molar-refractivity contribution in [2.45, 2.75) is 244 Å². The number of phosphoric ester groups is 1. The number of esters is 1. The van der Waals surface area contributed by atoms with Gasteiger partial charge < -0.3 is 25.2 Å². The normalized spacial score (nSPS) is 13.8. The van der Waals surface area contributed by atoms with Gasteiger partial charge in [0, 0.05) is 12.8 Å². The van der Waals surface area contributed by atoms with Crippen LogP contribution in [0.1, 0.15) is 232 Å². The molecule has 0 spiro atoms. The summed E-state index contributed by atoms with van der Waals surface area (Å²) in [5, 5.41) is 21.8. The number of carboxylic acids is 1. The zero-order valence-electron chi connectivity index (χ0n) is 38.3. The first-order valence-corrected chi connectivity index (χ1v) is 25.9. The van der Waals surface area contributed by atoms with Gasteiger partial charge in [-0.15, -0.1) is 0 Å². The molecular formula is C48H90NO10P. The second kappa shape index (κ2) is 43.6. The summed E-state index contributed by atoms with van der Waals surface area (Å²) >= 11 is 0. The Labute approximate surface area is 366 Å². The van der Waals surface area contributed by atoms with Crippen molar-refractivity contribution < 1.29 is 47.8 Å². The number of carbonyl (C=O) groups is 3. The minimum absolute atomic E-state index is 0.131. The summed E-state index contributed by atoms with van der Waals surface area (Å²) in [5.74, 6) is -2.38. The average molecular weight is 872 g/mol. The fourth-order valence-electron chi connectivity index (χ4n) is 6.94. The largest absolute Gasteiger partial charge is 0.480 e. The zero-order chi connectivity index (χ0) is 44.2. The topological polar surface area (TPSA) is 169 Å². The van der Waals surface area contributed by atoms with Crippen molar-refractivity contribution in [3.05, 3.63) is 24.3 Å². The third kappa shape index (κ3) is 42.6. The van der Waals surface area contributed by atoms with Gasteiger partial charge in [0.25, 0.3) is 0 Å². The highest BCUT2D eigenvalue weighted by molar-refractivity contribution is 7.47. The van der Waals surface area contributed by atoms with Gasteiger partial charge in [-0.1, -0.05) is 205 Å². The van der Waals surface area contributed by atoms with Crippen molar-refractivity contribution in [1.82, 2.24) is 5.32 Å². The maximum Gasteiger partial charge on any atom is 0.472 e. The van der Waals surface area contributed by atoms with Crippen LogP contribution in [0.2, 0.25) is 0 Å². The number of aliphatic hydroxyl groups is 1. The van der Waals surface area contributed by atoms with Gasteiger partial charge in [-0.05, 0) is 38.5 Å². The molecule has 1 amide bonds. The van der Waals surface area contributed by atoms with Gasteiger partial charge in [0.1, 0.15) is 12.7 Å². The maximum absolute atomic E-state index is 12.3. The van der Waals surface area contributed by atoms with Gasteiger partial charge in [-0.2, -0.15) is 0 Å². The average Bonchev–Trinajstić information content (AvgIpc) is 3.22. The Bertz CT molecular complexity index is 1120. The van der Waals surface area contributed by atoms with Crippen molar-refractivity contribution >= 4 is 25.7 Å². The van der Waals surface area contributed by atoms with E-state index >= 15 is 0 Å². The molecule has 0 aliphatic heterocycles. The SMILES string of the molecule is CCC/C=C\C/C=C\CCCCCCCC(=O)NC(COP(=O)(O)OCC(O)COC(=O)CCCCCCCCCCCCCCCCCCCCCCCCC)C(=O)O. The predicted molar refractivity (Wildman–Crippen MR) is 245 cm³/mol. The first-order chi connectivity index (χ1) is 29.1. The monoisotopic (exact) mass is 872 g/mol. The van der Waals surface area contributed by atoms with Gasteiger partial charge in [-0.3, -0.25) is 18.6 Å². The number of aliphatic hydroxyl groups excluding tert-OH is 1. The molecule has 0 aromatic rings. The maximum atomic E-state index is 12.3. The molecule has 3 unspecified atom stereocenters. The van der Waals surface area contributed by atoms with E-state index in [9.17, 15) is 34.1 Å². The van der Waals surface area contributed by atoms with Crippen molar-refractivity contribution in [3.63, 3.8) is 0 Å². The van der Waals surface area contributed by atoms with Gasteiger partial charge >= 0.3 is 19.8 Å².